The minimum absolute atomic E-state index is 0.119. The number of amides is 13. The van der Waals surface area contributed by atoms with Crippen LogP contribution >= 0.6 is 0 Å². The highest BCUT2D eigenvalue weighted by atomic mass is 16.6. The number of esters is 1. The molecule has 0 saturated carbocycles. The minimum atomic E-state index is -2.57. The van der Waals surface area contributed by atoms with E-state index in [0.29, 0.717) is 32.1 Å². The van der Waals surface area contributed by atoms with Gasteiger partial charge in [-0.25, -0.2) is 48.4 Å². The van der Waals surface area contributed by atoms with E-state index >= 15 is 47.9 Å². The van der Waals surface area contributed by atoms with Gasteiger partial charge in [0.25, 0.3) is 47.3 Å². The lowest BCUT2D eigenvalue weighted by Crippen LogP contribution is -2.62. The van der Waals surface area contributed by atoms with Crippen molar-refractivity contribution in [2.24, 2.45) is 5.92 Å². The van der Waals surface area contributed by atoms with Crippen molar-refractivity contribution in [3.05, 3.63) is 310 Å². The van der Waals surface area contributed by atoms with Gasteiger partial charge in [-0.3, -0.25) is 38.4 Å². The molecule has 29 nitrogen and oxygen atoms in total. The van der Waals surface area contributed by atoms with Crippen LogP contribution < -0.4 is 26.6 Å². The highest BCUT2D eigenvalue weighted by Crippen LogP contribution is 2.29. The lowest BCUT2D eigenvalue weighted by atomic mass is 9.99. The Morgan fingerprint density at radius 1 is 0.320 bits per heavy atom. The number of imide groups is 4. The Labute approximate surface area is 725 Å². The van der Waals surface area contributed by atoms with Crippen LogP contribution in [0.2, 0.25) is 0 Å². The first kappa shape index (κ1) is 95.6. The first-order valence-corrected chi connectivity index (χ1v) is 39.8. The lowest BCUT2D eigenvalue weighted by Gasteiger charge is -2.36. The Morgan fingerprint density at radius 3 is 0.776 bits per heavy atom. The fourth-order valence-electron chi connectivity index (χ4n) is 12.1. The molecule has 652 valence electrons. The van der Waals surface area contributed by atoms with E-state index in [1.165, 1.54) is 62.4 Å². The van der Waals surface area contributed by atoms with Crippen LogP contribution in [0.5, 0.6) is 0 Å². The van der Waals surface area contributed by atoms with Crippen LogP contribution in [-0.4, -0.2) is 144 Å². The van der Waals surface area contributed by atoms with Crippen molar-refractivity contribution >= 4 is 108 Å². The van der Waals surface area contributed by atoms with Crippen molar-refractivity contribution in [1.82, 2.24) is 46.2 Å². The van der Waals surface area contributed by atoms with E-state index in [2.05, 4.69) is 26.6 Å². The van der Waals surface area contributed by atoms with Gasteiger partial charge in [0.15, 0.2) is 0 Å². The molecule has 5 N–H and O–H groups in total. The van der Waals surface area contributed by atoms with E-state index in [9.17, 15) is 19.2 Å². The molecule has 0 aliphatic heterocycles. The summed E-state index contributed by atoms with van der Waals surface area (Å²) in [6.07, 6.45) is -2.80. The molecule has 8 aromatic rings. The molecule has 0 aromatic heterocycles. The number of hydrogen-bond acceptors (Lipinski definition) is 20. The number of alkyl carbamates (subject to hydrolysis) is 1. The summed E-state index contributed by atoms with van der Waals surface area (Å²) in [5, 5.41) is 12.8. The zero-order chi connectivity index (χ0) is 91.4. The number of ether oxygens (including phenoxy) is 6. The number of hydrogen-bond donors (Lipinski definition) is 5. The molecule has 1 atom stereocenters. The summed E-state index contributed by atoms with van der Waals surface area (Å²) >= 11 is 0. The van der Waals surface area contributed by atoms with Crippen LogP contribution in [-0.2, 0) is 98.0 Å². The maximum atomic E-state index is 16.4. The maximum absolute atomic E-state index is 16.4. The summed E-state index contributed by atoms with van der Waals surface area (Å²) in [6.45, 7) is 15.5. The van der Waals surface area contributed by atoms with Gasteiger partial charge >= 0.3 is 36.4 Å². The number of benzene rings is 8. The second kappa shape index (κ2) is 43.5. The third-order valence-corrected chi connectivity index (χ3v) is 18.4. The first-order chi connectivity index (χ1) is 59.2. The highest BCUT2D eigenvalue weighted by Gasteiger charge is 2.49. The predicted molar refractivity (Wildman–Crippen MR) is 465 cm³/mol. The van der Waals surface area contributed by atoms with Gasteiger partial charge in [-0.1, -0.05) is 257 Å². The van der Waals surface area contributed by atoms with Crippen molar-refractivity contribution in [2.75, 3.05) is 7.11 Å². The molecule has 0 radical (unpaired) electrons. The molecule has 0 spiro atoms. The van der Waals surface area contributed by atoms with Crippen LogP contribution in [0, 0.1) is 5.92 Å². The molecule has 0 aliphatic carbocycles. The van der Waals surface area contributed by atoms with Gasteiger partial charge in [0.2, 0.25) is 0 Å². The van der Waals surface area contributed by atoms with Crippen molar-refractivity contribution in [3.8, 4) is 0 Å². The molecular weight excluding hydrogens is 1600 g/mol. The van der Waals surface area contributed by atoms with E-state index in [-0.39, 0.29) is 44.4 Å². The molecule has 125 heavy (non-hydrogen) atoms. The predicted octanol–water partition coefficient (Wildman–Crippen LogP) is 14.5. The van der Waals surface area contributed by atoms with E-state index in [0.717, 1.165) is 73.0 Å². The van der Waals surface area contributed by atoms with Crippen LogP contribution in [0.25, 0.3) is 24.3 Å². The fraction of sp³-hybridized carbons (Fsp3) is 0.271. The van der Waals surface area contributed by atoms with Gasteiger partial charge in [0, 0.05) is 0 Å². The molecule has 29 heteroatoms. The van der Waals surface area contributed by atoms with Gasteiger partial charge in [-0.15, -0.1) is 0 Å². The van der Waals surface area contributed by atoms with Gasteiger partial charge in [0.1, 0.15) is 83.0 Å². The molecule has 0 unspecified atom stereocenters. The van der Waals surface area contributed by atoms with Crippen molar-refractivity contribution < 1.29 is 95.5 Å². The Morgan fingerprint density at radius 2 is 0.544 bits per heavy atom. The first-order valence-electron chi connectivity index (χ1n) is 39.8. The summed E-state index contributed by atoms with van der Waals surface area (Å²) in [4.78, 5) is 216. The second-order valence-corrected chi connectivity index (χ2v) is 32.2. The van der Waals surface area contributed by atoms with Gasteiger partial charge < -0.3 is 55.0 Å². The fourth-order valence-corrected chi connectivity index (χ4v) is 12.1. The number of carbonyl (C=O) groups excluding carboxylic acids is 14. The summed E-state index contributed by atoms with van der Waals surface area (Å²) in [6, 6.07) is 62.4. The zero-order valence-electron chi connectivity index (χ0n) is 72.0. The Bertz CT molecular complexity index is 5310. The quantitative estimate of drug-likeness (QED) is 0.0148. The molecule has 8 rings (SSSR count). The lowest BCUT2D eigenvalue weighted by molar-refractivity contribution is -0.149. The standard InChI is InChI=1S/C96H103N9O20/c1-64(2)55-73(97-87(115)125-92(3,4)5)82(110)102(88(116)121-60-69-47-31-19-32-48-69)74(56-65-39-23-15-24-40-65)78(106)98-93(6,7)83(111)103(89(117)122-61-70-49-33-20-34-50-70)75(57-66-41-25-16-26-42-66)79(107)99-94(8,9)84(112)104(90(118)123-62-71-51-35-21-36-52-71)76(58-67-43-27-17-28-44-67)80(108)100-95(10,11)85(113)105(91(119)124-63-72-53-37-22-38-54-72)77(59-68-45-29-18-30-46-68)81(109)101-96(12,13)86(114)120-14/h15-54,56-59,64,73H,55,60-63H2,1-14H3,(H,97,115)(H,98,106)(H,99,107)(H,100,108)(H,101,109)/b74-56+,75-57+,76-58+,77-59+/t73-/m0/s1. The maximum Gasteiger partial charge on any atom is 0.421 e. The van der Waals surface area contributed by atoms with Gasteiger partial charge in [0.05, 0.1) is 7.11 Å². The summed E-state index contributed by atoms with van der Waals surface area (Å²) in [7, 11) is 1.08. The Hall–Kier alpha value is -14.9. The van der Waals surface area contributed by atoms with E-state index in [1.54, 1.807) is 229 Å². The SMILES string of the molecule is COC(=O)C(C)(C)NC(=O)/C(=C\c1ccccc1)N(C(=O)OCc1ccccc1)C(=O)C(C)(C)NC(=O)/C(=C\c1ccccc1)N(C(=O)OCc1ccccc1)C(=O)C(C)(C)NC(=O)/C(=C\c1ccccc1)N(C(=O)OCc1ccccc1)C(=O)C(C)(C)NC(=O)/C(=C\c1ccccc1)N(C(=O)OCc1ccccc1)C(=O)[C@H](CC(C)C)NC(=O)OC(C)(C)C. The molecule has 0 heterocycles. The highest BCUT2D eigenvalue weighted by molar-refractivity contribution is 6.17. The molecular formula is C96H103N9O20. The van der Waals surface area contributed by atoms with E-state index < -0.39 is 167 Å². The topological polar surface area (TPSA) is 367 Å². The normalized spacial score (nSPS) is 12.3. The number of rotatable bonds is 32. The number of nitrogens with one attached hydrogen (secondary N) is 5. The van der Waals surface area contributed by atoms with E-state index in [4.69, 9.17) is 28.4 Å². The largest absolute Gasteiger partial charge is 0.467 e. The zero-order valence-corrected chi connectivity index (χ0v) is 72.0. The van der Waals surface area contributed by atoms with Crippen LogP contribution in [0.3, 0.4) is 0 Å². The average molecular weight is 1700 g/mol. The molecule has 0 fully saturated rings. The number of carbonyl (C=O) groups is 14. The summed E-state index contributed by atoms with van der Waals surface area (Å²) < 4.78 is 33.9. The Balaban J connectivity index is 1.26. The van der Waals surface area contributed by atoms with Crippen LogP contribution in [0.4, 0.5) is 24.0 Å². The van der Waals surface area contributed by atoms with Crippen molar-refractivity contribution in [1.29, 1.82) is 0 Å². The molecule has 13 amide bonds. The van der Waals surface area contributed by atoms with Crippen molar-refractivity contribution in [2.45, 2.75) is 157 Å². The summed E-state index contributed by atoms with van der Waals surface area (Å²) in [5.74, 6) is -12.3. The van der Waals surface area contributed by atoms with Crippen LogP contribution in [0.1, 0.15) is 141 Å². The summed E-state index contributed by atoms with van der Waals surface area (Å²) in [5.41, 5.74) is -11.4. The molecule has 0 aliphatic rings. The van der Waals surface area contributed by atoms with Gasteiger partial charge in [-0.2, -0.15) is 0 Å². The monoisotopic (exact) mass is 1700 g/mol. The molecule has 0 saturated heterocycles. The van der Waals surface area contributed by atoms with E-state index in [1.807, 2.05) is 0 Å². The second-order valence-electron chi connectivity index (χ2n) is 32.2. The van der Waals surface area contributed by atoms with Crippen LogP contribution in [0.15, 0.2) is 265 Å². The minimum Gasteiger partial charge on any atom is -0.467 e. The number of methoxy groups -OCH3 is 1. The number of nitrogens with zero attached hydrogens (tertiary/aromatic N) is 4. The third-order valence-electron chi connectivity index (χ3n) is 18.4. The molecule has 8 aromatic carbocycles. The van der Waals surface area contributed by atoms with Crippen molar-refractivity contribution in [3.63, 3.8) is 0 Å². The smallest absolute Gasteiger partial charge is 0.421 e. The average Bonchev–Trinajstić information content (AvgIpc) is 0.767. The molecule has 0 bridgehead atoms. The third kappa shape index (κ3) is 27.8. The Kier molecular flexibility index (Phi) is 33.3. The van der Waals surface area contributed by atoms with Gasteiger partial charge in [-0.05, 0) is 157 Å².